The summed E-state index contributed by atoms with van der Waals surface area (Å²) in [5.74, 6) is -0.831. The molecule has 0 spiro atoms. The van der Waals surface area contributed by atoms with Crippen LogP contribution in [0.1, 0.15) is 25.0 Å². The first-order valence-corrected chi connectivity index (χ1v) is 6.21. The fourth-order valence-corrected chi connectivity index (χ4v) is 1.80. The summed E-state index contributed by atoms with van der Waals surface area (Å²) in [4.78, 5) is 15.8. The van der Waals surface area contributed by atoms with E-state index in [9.17, 15) is 4.79 Å². The normalized spacial score (nSPS) is 13.1. The fraction of sp³-hybridized carbons (Fsp3) is 0.429. The molecule has 0 saturated heterocycles. The van der Waals surface area contributed by atoms with Gasteiger partial charge in [-0.2, -0.15) is 0 Å². The quantitative estimate of drug-likeness (QED) is 0.580. The van der Waals surface area contributed by atoms with Gasteiger partial charge in [0.1, 0.15) is 13.2 Å². The van der Waals surface area contributed by atoms with Crippen LogP contribution in [0.25, 0.3) is 0 Å². The Morgan fingerprint density at radius 2 is 2.05 bits per heavy atom. The van der Waals surface area contributed by atoms with Crippen molar-refractivity contribution in [1.82, 2.24) is 5.32 Å². The van der Waals surface area contributed by atoms with Crippen LogP contribution in [0.2, 0.25) is 0 Å². The zero-order chi connectivity index (χ0) is 14.3. The SMILES string of the molecule is CCNC(Cc1ccc(/C(C)=N\OC)cc1)C(=O)O. The third-order valence-corrected chi connectivity index (χ3v) is 2.79. The second kappa shape index (κ2) is 7.53. The highest BCUT2D eigenvalue weighted by atomic mass is 16.6. The molecule has 0 amide bonds. The molecule has 0 aliphatic carbocycles. The molecule has 104 valence electrons. The number of carbonyl (C=O) groups is 1. The minimum absolute atomic E-state index is 0.462. The first-order chi connectivity index (χ1) is 9.08. The minimum Gasteiger partial charge on any atom is -0.480 e. The van der Waals surface area contributed by atoms with Crippen LogP contribution in [-0.4, -0.2) is 36.5 Å². The number of oxime groups is 1. The molecule has 0 aromatic heterocycles. The van der Waals surface area contributed by atoms with Crippen LogP contribution >= 0.6 is 0 Å². The van der Waals surface area contributed by atoms with E-state index in [1.54, 1.807) is 0 Å². The molecule has 5 heteroatoms. The van der Waals surface area contributed by atoms with Crippen LogP contribution in [0.15, 0.2) is 29.4 Å². The molecule has 1 aromatic rings. The molecule has 1 unspecified atom stereocenters. The van der Waals surface area contributed by atoms with Gasteiger partial charge < -0.3 is 15.3 Å². The number of carboxylic acid groups (broad SMARTS) is 1. The van der Waals surface area contributed by atoms with Gasteiger partial charge in [-0.05, 0) is 31.0 Å². The van der Waals surface area contributed by atoms with Crippen LogP contribution in [0.5, 0.6) is 0 Å². The van der Waals surface area contributed by atoms with Crippen LogP contribution in [0.3, 0.4) is 0 Å². The lowest BCUT2D eigenvalue weighted by atomic mass is 10.0. The summed E-state index contributed by atoms with van der Waals surface area (Å²) in [6, 6.07) is 7.11. The standard InChI is InChI=1S/C14H20N2O3/c1-4-15-13(14(17)18)9-11-5-7-12(8-6-11)10(2)16-19-3/h5-8,13,15H,4,9H2,1-3H3,(H,17,18)/b16-10-. The van der Waals surface area contributed by atoms with Gasteiger partial charge in [-0.3, -0.25) is 4.79 Å². The van der Waals surface area contributed by atoms with Gasteiger partial charge in [0.05, 0.1) is 5.71 Å². The summed E-state index contributed by atoms with van der Waals surface area (Å²) in [6.07, 6.45) is 0.462. The van der Waals surface area contributed by atoms with E-state index in [2.05, 4.69) is 10.5 Å². The molecule has 1 aromatic carbocycles. The molecule has 19 heavy (non-hydrogen) atoms. The Labute approximate surface area is 113 Å². The highest BCUT2D eigenvalue weighted by Crippen LogP contribution is 2.08. The summed E-state index contributed by atoms with van der Waals surface area (Å²) in [6.45, 7) is 4.38. The monoisotopic (exact) mass is 264 g/mol. The Morgan fingerprint density at radius 3 is 2.53 bits per heavy atom. The highest BCUT2D eigenvalue weighted by molar-refractivity contribution is 5.98. The number of hydrogen-bond donors (Lipinski definition) is 2. The second-order valence-corrected chi connectivity index (χ2v) is 4.21. The summed E-state index contributed by atoms with van der Waals surface area (Å²) in [5, 5.41) is 15.9. The number of benzene rings is 1. The van der Waals surface area contributed by atoms with Gasteiger partial charge in [-0.15, -0.1) is 0 Å². The van der Waals surface area contributed by atoms with Crippen LogP contribution < -0.4 is 5.32 Å². The number of carboxylic acids is 1. The number of nitrogens with one attached hydrogen (secondary N) is 1. The topological polar surface area (TPSA) is 70.9 Å². The molecule has 2 N–H and O–H groups in total. The maximum Gasteiger partial charge on any atom is 0.321 e. The lowest BCUT2D eigenvalue weighted by Gasteiger charge is -2.13. The van der Waals surface area contributed by atoms with E-state index < -0.39 is 12.0 Å². The number of nitrogens with zero attached hydrogens (tertiary/aromatic N) is 1. The second-order valence-electron chi connectivity index (χ2n) is 4.21. The lowest BCUT2D eigenvalue weighted by molar-refractivity contribution is -0.139. The van der Waals surface area contributed by atoms with Crippen LogP contribution in [0, 0.1) is 0 Å². The average molecular weight is 264 g/mol. The number of likely N-dealkylation sites (N-methyl/N-ethyl adjacent to an activating group) is 1. The molecule has 1 atom stereocenters. The van der Waals surface area contributed by atoms with Gasteiger partial charge in [0.15, 0.2) is 0 Å². The Balaban J connectivity index is 2.76. The largest absolute Gasteiger partial charge is 0.480 e. The lowest BCUT2D eigenvalue weighted by Crippen LogP contribution is -2.38. The Bertz CT molecular complexity index is 441. The molecule has 1 rings (SSSR count). The predicted octanol–water partition coefficient (Wildman–Crippen LogP) is 1.66. The molecule has 0 radical (unpaired) electrons. The van der Waals surface area contributed by atoms with Crippen molar-refractivity contribution in [2.75, 3.05) is 13.7 Å². The van der Waals surface area contributed by atoms with Crippen molar-refractivity contribution >= 4 is 11.7 Å². The molecule has 0 heterocycles. The van der Waals surface area contributed by atoms with Gasteiger partial charge in [-0.1, -0.05) is 36.3 Å². The maximum absolute atomic E-state index is 11.1. The van der Waals surface area contributed by atoms with Crippen molar-refractivity contribution in [2.45, 2.75) is 26.3 Å². The fourth-order valence-electron chi connectivity index (χ4n) is 1.80. The van der Waals surface area contributed by atoms with Gasteiger partial charge in [0.2, 0.25) is 0 Å². The smallest absolute Gasteiger partial charge is 0.321 e. The molecule has 0 bridgehead atoms. The summed E-state index contributed by atoms with van der Waals surface area (Å²) in [5.41, 5.74) is 2.72. The van der Waals surface area contributed by atoms with Gasteiger partial charge in [-0.25, -0.2) is 0 Å². The van der Waals surface area contributed by atoms with E-state index in [0.29, 0.717) is 13.0 Å². The predicted molar refractivity (Wildman–Crippen MR) is 74.5 cm³/mol. The molecular formula is C14H20N2O3. The third kappa shape index (κ3) is 4.71. The van der Waals surface area contributed by atoms with Gasteiger partial charge in [0, 0.05) is 0 Å². The zero-order valence-electron chi connectivity index (χ0n) is 11.5. The Morgan fingerprint density at radius 1 is 1.42 bits per heavy atom. The number of rotatable bonds is 7. The number of hydrogen-bond acceptors (Lipinski definition) is 4. The van der Waals surface area contributed by atoms with E-state index in [0.717, 1.165) is 16.8 Å². The zero-order valence-corrected chi connectivity index (χ0v) is 11.5. The van der Waals surface area contributed by atoms with E-state index in [4.69, 9.17) is 9.94 Å². The summed E-state index contributed by atoms with van der Waals surface area (Å²) < 4.78 is 0. The van der Waals surface area contributed by atoms with E-state index in [1.807, 2.05) is 38.1 Å². The van der Waals surface area contributed by atoms with Gasteiger partial charge >= 0.3 is 5.97 Å². The molecular weight excluding hydrogens is 244 g/mol. The summed E-state index contributed by atoms with van der Waals surface area (Å²) >= 11 is 0. The average Bonchev–Trinajstić information content (AvgIpc) is 2.39. The van der Waals surface area contributed by atoms with Crippen molar-refractivity contribution in [2.24, 2.45) is 5.16 Å². The van der Waals surface area contributed by atoms with E-state index in [-0.39, 0.29) is 0 Å². The van der Waals surface area contributed by atoms with E-state index >= 15 is 0 Å². The summed E-state index contributed by atoms with van der Waals surface area (Å²) in [7, 11) is 1.51. The molecule has 0 aliphatic heterocycles. The van der Waals surface area contributed by atoms with E-state index in [1.165, 1.54) is 7.11 Å². The van der Waals surface area contributed by atoms with Crippen molar-refractivity contribution in [3.63, 3.8) is 0 Å². The first kappa shape index (κ1) is 15.2. The molecule has 0 saturated carbocycles. The third-order valence-electron chi connectivity index (χ3n) is 2.79. The minimum atomic E-state index is -0.831. The van der Waals surface area contributed by atoms with Crippen LogP contribution in [-0.2, 0) is 16.1 Å². The molecule has 5 nitrogen and oxygen atoms in total. The molecule has 0 fully saturated rings. The number of aliphatic carboxylic acids is 1. The Kier molecular flexibility index (Phi) is 6.02. The highest BCUT2D eigenvalue weighted by Gasteiger charge is 2.16. The van der Waals surface area contributed by atoms with Crippen molar-refractivity contribution < 1.29 is 14.7 Å². The Hall–Kier alpha value is -1.88. The van der Waals surface area contributed by atoms with Crippen molar-refractivity contribution in [3.05, 3.63) is 35.4 Å². The maximum atomic E-state index is 11.1. The van der Waals surface area contributed by atoms with Crippen LogP contribution in [0.4, 0.5) is 0 Å². The first-order valence-electron chi connectivity index (χ1n) is 6.21. The van der Waals surface area contributed by atoms with Crippen molar-refractivity contribution in [3.8, 4) is 0 Å². The van der Waals surface area contributed by atoms with Crippen molar-refractivity contribution in [1.29, 1.82) is 0 Å². The molecule has 0 aliphatic rings. The van der Waals surface area contributed by atoms with Gasteiger partial charge in [0.25, 0.3) is 0 Å².